The summed E-state index contributed by atoms with van der Waals surface area (Å²) in [4.78, 5) is 11.6. The summed E-state index contributed by atoms with van der Waals surface area (Å²) in [6, 6.07) is 4.02. The number of benzene rings is 1. The average Bonchev–Trinajstić information content (AvgIpc) is 2.53. The molecule has 0 atom stereocenters. The molecule has 1 fully saturated rings. The molecule has 0 aromatic heterocycles. The van der Waals surface area contributed by atoms with E-state index in [0.29, 0.717) is 25.6 Å². The van der Waals surface area contributed by atoms with E-state index < -0.39 is 16.0 Å². The molecule has 9 heteroatoms. The molecule has 1 aromatic rings. The lowest BCUT2D eigenvalue weighted by atomic mass is 9.99. The molecule has 1 aliphatic rings. The highest BCUT2D eigenvalue weighted by Gasteiger charge is 2.29. The van der Waals surface area contributed by atoms with E-state index in [0.717, 1.165) is 12.8 Å². The maximum atomic E-state index is 12.7. The van der Waals surface area contributed by atoms with Crippen LogP contribution in [0.2, 0.25) is 5.02 Å². The Morgan fingerprint density at radius 3 is 2.48 bits per heavy atom. The normalized spacial score (nSPS) is 16.7. The summed E-state index contributed by atoms with van der Waals surface area (Å²) in [5.74, 6) is -0.266. The van der Waals surface area contributed by atoms with Crippen LogP contribution >= 0.6 is 24.0 Å². The van der Waals surface area contributed by atoms with E-state index in [1.54, 1.807) is 0 Å². The molecule has 2 N–H and O–H groups in total. The molecule has 0 saturated carbocycles. The second-order valence-corrected chi connectivity index (χ2v) is 7.62. The van der Waals surface area contributed by atoms with Gasteiger partial charge >= 0.3 is 5.97 Å². The number of hydrogen-bond donors (Lipinski definition) is 1. The summed E-state index contributed by atoms with van der Waals surface area (Å²) in [6.45, 7) is 1.41. The van der Waals surface area contributed by atoms with Crippen LogP contribution in [0, 0.1) is 5.92 Å². The van der Waals surface area contributed by atoms with Gasteiger partial charge in [-0.2, -0.15) is 4.31 Å². The molecule has 0 bridgehead atoms. The molecule has 0 amide bonds. The van der Waals surface area contributed by atoms with Crippen molar-refractivity contribution in [2.45, 2.75) is 17.7 Å². The number of rotatable bonds is 4. The van der Waals surface area contributed by atoms with Crippen molar-refractivity contribution in [3.63, 3.8) is 0 Å². The summed E-state index contributed by atoms with van der Waals surface area (Å²) >= 11 is 5.93. The Labute approximate surface area is 147 Å². The van der Waals surface area contributed by atoms with Crippen molar-refractivity contribution < 1.29 is 17.9 Å². The Bertz CT molecular complexity index is 659. The van der Waals surface area contributed by atoms with Crippen LogP contribution in [0.5, 0.6) is 0 Å². The lowest BCUT2D eigenvalue weighted by Gasteiger charge is -2.30. The number of methoxy groups -OCH3 is 1. The lowest BCUT2D eigenvalue weighted by molar-refractivity contribution is 0.0600. The van der Waals surface area contributed by atoms with Crippen LogP contribution in [0.3, 0.4) is 0 Å². The second kappa shape index (κ2) is 8.30. The van der Waals surface area contributed by atoms with E-state index in [9.17, 15) is 13.2 Å². The molecule has 1 saturated heterocycles. The number of esters is 1. The van der Waals surface area contributed by atoms with Crippen LogP contribution in [0.4, 0.5) is 0 Å². The maximum Gasteiger partial charge on any atom is 0.337 e. The largest absolute Gasteiger partial charge is 0.465 e. The smallest absolute Gasteiger partial charge is 0.337 e. The fourth-order valence-corrected chi connectivity index (χ4v) is 4.32. The first kappa shape index (κ1) is 20.2. The summed E-state index contributed by atoms with van der Waals surface area (Å²) in [5, 5.41) is 0.179. The standard InChI is InChI=1S/C14H19ClN2O4S.ClH/c1-21-14(18)11-6-12(15)8-13(7-11)22(19,20)17-4-2-10(9-16)3-5-17;/h6-8,10H,2-5,9,16H2,1H3;1H. The third-order valence-corrected chi connectivity index (χ3v) is 5.93. The molecule has 23 heavy (non-hydrogen) atoms. The quantitative estimate of drug-likeness (QED) is 0.803. The van der Waals surface area contributed by atoms with Gasteiger partial charge in [0.2, 0.25) is 10.0 Å². The summed E-state index contributed by atoms with van der Waals surface area (Å²) < 4.78 is 31.4. The summed E-state index contributed by atoms with van der Waals surface area (Å²) in [7, 11) is -2.45. The number of piperidine rings is 1. The van der Waals surface area contributed by atoms with Crippen molar-refractivity contribution in [1.29, 1.82) is 0 Å². The maximum absolute atomic E-state index is 12.7. The minimum Gasteiger partial charge on any atom is -0.465 e. The molecule has 1 aliphatic heterocycles. The van der Waals surface area contributed by atoms with Crippen LogP contribution in [0.15, 0.2) is 23.1 Å². The summed E-state index contributed by atoms with van der Waals surface area (Å²) in [6.07, 6.45) is 1.47. The molecule has 130 valence electrons. The van der Waals surface area contributed by atoms with E-state index in [-0.39, 0.29) is 27.9 Å². The van der Waals surface area contributed by atoms with Gasteiger partial charge in [0.15, 0.2) is 0 Å². The van der Waals surface area contributed by atoms with Crippen LogP contribution in [0.1, 0.15) is 23.2 Å². The van der Waals surface area contributed by atoms with Crippen molar-refractivity contribution in [3.8, 4) is 0 Å². The first-order valence-electron chi connectivity index (χ1n) is 6.97. The number of ether oxygens (including phenoxy) is 1. The van der Waals surface area contributed by atoms with Gasteiger partial charge in [0.25, 0.3) is 0 Å². The molecule has 0 radical (unpaired) electrons. The third-order valence-electron chi connectivity index (χ3n) is 3.84. The van der Waals surface area contributed by atoms with Gasteiger partial charge in [0, 0.05) is 18.1 Å². The van der Waals surface area contributed by atoms with Gasteiger partial charge in [-0.15, -0.1) is 12.4 Å². The second-order valence-electron chi connectivity index (χ2n) is 5.25. The lowest BCUT2D eigenvalue weighted by Crippen LogP contribution is -2.40. The summed E-state index contributed by atoms with van der Waals surface area (Å²) in [5.41, 5.74) is 5.74. The molecular formula is C14H20Cl2N2O4S. The Balaban J connectivity index is 0.00000264. The minimum absolute atomic E-state index is 0. The number of hydrogen-bond acceptors (Lipinski definition) is 5. The molecule has 1 heterocycles. The third kappa shape index (κ3) is 4.58. The number of carbonyl (C=O) groups is 1. The predicted molar refractivity (Wildman–Crippen MR) is 90.6 cm³/mol. The molecule has 1 aromatic carbocycles. The van der Waals surface area contributed by atoms with Gasteiger partial charge in [-0.3, -0.25) is 0 Å². The monoisotopic (exact) mass is 382 g/mol. The van der Waals surface area contributed by atoms with Gasteiger partial charge in [-0.25, -0.2) is 13.2 Å². The van der Waals surface area contributed by atoms with Gasteiger partial charge in [-0.05, 0) is 43.5 Å². The number of nitrogens with two attached hydrogens (primary N) is 1. The zero-order valence-electron chi connectivity index (χ0n) is 12.7. The van der Waals surface area contributed by atoms with Gasteiger partial charge in [-0.1, -0.05) is 11.6 Å². The molecular weight excluding hydrogens is 363 g/mol. The van der Waals surface area contributed by atoms with Gasteiger partial charge in [0.1, 0.15) is 0 Å². The van der Waals surface area contributed by atoms with Crippen molar-refractivity contribution in [2.75, 3.05) is 26.7 Å². The number of carbonyl (C=O) groups excluding carboxylic acids is 1. The number of halogens is 2. The van der Waals surface area contributed by atoms with E-state index in [4.69, 9.17) is 17.3 Å². The molecule has 6 nitrogen and oxygen atoms in total. The number of nitrogens with zero attached hydrogens (tertiary/aromatic N) is 1. The van der Waals surface area contributed by atoms with Crippen LogP contribution < -0.4 is 5.73 Å². The first-order chi connectivity index (χ1) is 10.4. The van der Waals surface area contributed by atoms with E-state index >= 15 is 0 Å². The molecule has 0 unspecified atom stereocenters. The fourth-order valence-electron chi connectivity index (χ4n) is 2.48. The van der Waals surface area contributed by atoms with Gasteiger partial charge < -0.3 is 10.5 Å². The fraction of sp³-hybridized carbons (Fsp3) is 0.500. The van der Waals surface area contributed by atoms with Gasteiger partial charge in [0.05, 0.1) is 17.6 Å². The molecule has 0 aliphatic carbocycles. The highest BCUT2D eigenvalue weighted by Crippen LogP contribution is 2.26. The highest BCUT2D eigenvalue weighted by atomic mass is 35.5. The van der Waals surface area contributed by atoms with Crippen LogP contribution in [-0.2, 0) is 14.8 Å². The first-order valence-corrected chi connectivity index (χ1v) is 8.79. The van der Waals surface area contributed by atoms with Crippen molar-refractivity contribution in [1.82, 2.24) is 4.31 Å². The Hall–Kier alpha value is -0.860. The predicted octanol–water partition coefficient (Wildman–Crippen LogP) is 1.91. The van der Waals surface area contributed by atoms with E-state index in [1.807, 2.05) is 0 Å². The molecule has 2 rings (SSSR count). The number of sulfonamides is 1. The van der Waals surface area contributed by atoms with Crippen molar-refractivity contribution in [3.05, 3.63) is 28.8 Å². The minimum atomic E-state index is -3.68. The topological polar surface area (TPSA) is 89.7 Å². The zero-order chi connectivity index (χ0) is 16.3. The Morgan fingerprint density at radius 2 is 1.96 bits per heavy atom. The zero-order valence-corrected chi connectivity index (χ0v) is 15.1. The average molecular weight is 383 g/mol. The Morgan fingerprint density at radius 1 is 1.35 bits per heavy atom. The van der Waals surface area contributed by atoms with Crippen molar-refractivity contribution in [2.24, 2.45) is 11.7 Å². The van der Waals surface area contributed by atoms with Crippen LogP contribution in [0.25, 0.3) is 0 Å². The van der Waals surface area contributed by atoms with E-state index in [1.165, 1.54) is 29.6 Å². The van der Waals surface area contributed by atoms with E-state index in [2.05, 4.69) is 4.74 Å². The van der Waals surface area contributed by atoms with Crippen molar-refractivity contribution >= 4 is 40.0 Å². The highest BCUT2D eigenvalue weighted by molar-refractivity contribution is 7.89. The van der Waals surface area contributed by atoms with Crippen LogP contribution in [-0.4, -0.2) is 45.4 Å². The Kier molecular flexibility index (Phi) is 7.29. The SMILES string of the molecule is COC(=O)c1cc(Cl)cc(S(=O)(=O)N2CCC(CN)CC2)c1.Cl. The molecule has 0 spiro atoms.